The van der Waals surface area contributed by atoms with Crippen molar-refractivity contribution in [3.8, 4) is 11.1 Å². The van der Waals surface area contributed by atoms with Crippen molar-refractivity contribution in [2.24, 2.45) is 0 Å². The summed E-state index contributed by atoms with van der Waals surface area (Å²) in [5, 5.41) is 10.2. The molecule has 0 aliphatic heterocycles. The Morgan fingerprint density at radius 2 is 0.772 bits per heavy atom. The highest BCUT2D eigenvalue weighted by atomic mass is 32.1. The van der Waals surface area contributed by atoms with Crippen LogP contribution >= 0.6 is 11.3 Å². The number of fused-ring (bicyclic) bond motifs is 9. The van der Waals surface area contributed by atoms with Gasteiger partial charge in [0.15, 0.2) is 0 Å². The molecule has 11 rings (SSSR count). The fourth-order valence-corrected chi connectivity index (χ4v) is 9.80. The molecule has 0 atom stereocenters. The van der Waals surface area contributed by atoms with E-state index < -0.39 is 0 Å². The van der Waals surface area contributed by atoms with Gasteiger partial charge in [-0.2, -0.15) is 0 Å². The van der Waals surface area contributed by atoms with Gasteiger partial charge in [0.05, 0.1) is 0 Å². The smallest absolute Gasteiger partial charge is 0.0476 e. The third kappa shape index (κ3) is 5.80. The van der Waals surface area contributed by atoms with Gasteiger partial charge in [0, 0.05) is 59.7 Å². The van der Waals surface area contributed by atoms with Crippen molar-refractivity contribution in [1.82, 2.24) is 0 Å². The van der Waals surface area contributed by atoms with Gasteiger partial charge in [0.2, 0.25) is 0 Å². The standard InChI is InChI=1S/C54H36N2S/c1-4-16-41(17-5-1)55(42-18-6-2-7-19-42)44-28-24-38(25-29-44)40-27-32-49-51(35-40)47-22-12-13-23-48(47)53-50-33-31-46(36-52(50)57-54(49)53)56(43-20-8-3-9-21-43)45-30-26-37-14-10-11-15-39(37)34-45/h1-36H. The molecule has 0 N–H and O–H groups in total. The molecule has 3 heteroatoms. The van der Waals surface area contributed by atoms with Crippen LogP contribution in [0.15, 0.2) is 218 Å². The van der Waals surface area contributed by atoms with Gasteiger partial charge < -0.3 is 9.80 Å². The lowest BCUT2D eigenvalue weighted by molar-refractivity contribution is 1.28. The Morgan fingerprint density at radius 3 is 1.46 bits per heavy atom. The lowest BCUT2D eigenvalue weighted by Crippen LogP contribution is -2.09. The molecule has 0 saturated carbocycles. The van der Waals surface area contributed by atoms with Crippen molar-refractivity contribution in [3.05, 3.63) is 218 Å². The number of nitrogens with zero attached hydrogens (tertiary/aromatic N) is 2. The highest BCUT2D eigenvalue weighted by molar-refractivity contribution is 7.27. The van der Waals surface area contributed by atoms with E-state index in [1.807, 2.05) is 11.3 Å². The first kappa shape index (κ1) is 33.2. The van der Waals surface area contributed by atoms with Crippen molar-refractivity contribution in [2.75, 3.05) is 9.80 Å². The van der Waals surface area contributed by atoms with Crippen LogP contribution in [0.5, 0.6) is 0 Å². The van der Waals surface area contributed by atoms with Crippen molar-refractivity contribution < 1.29 is 0 Å². The van der Waals surface area contributed by atoms with Crippen LogP contribution in [0, 0.1) is 0 Å². The number of rotatable bonds is 7. The van der Waals surface area contributed by atoms with Gasteiger partial charge in [-0.25, -0.2) is 0 Å². The van der Waals surface area contributed by atoms with Crippen LogP contribution in [0.25, 0.3) is 63.6 Å². The molecule has 0 spiro atoms. The summed E-state index contributed by atoms with van der Waals surface area (Å²) in [6.45, 7) is 0. The van der Waals surface area contributed by atoms with Gasteiger partial charge in [-0.05, 0) is 117 Å². The maximum atomic E-state index is 2.39. The average molecular weight is 745 g/mol. The largest absolute Gasteiger partial charge is 0.311 e. The SMILES string of the molecule is c1ccc(N(c2ccccc2)c2ccc(-c3ccc4c(c3)c3ccccc3c3c5ccc(N(c6ccccc6)c6ccc7ccccc7c6)cc5sc43)cc2)cc1. The second-order valence-corrected chi connectivity index (χ2v) is 15.6. The number of anilines is 6. The Balaban J connectivity index is 1.03. The Bertz CT molecular complexity index is 3190. The second kappa shape index (κ2) is 13.8. The minimum absolute atomic E-state index is 1.13. The molecule has 0 fully saturated rings. The monoisotopic (exact) mass is 744 g/mol. The predicted octanol–water partition coefficient (Wildman–Crippen LogP) is 16.1. The van der Waals surface area contributed by atoms with Crippen molar-refractivity contribution >= 4 is 98.0 Å². The molecule has 0 amide bonds. The summed E-state index contributed by atoms with van der Waals surface area (Å²) in [4.78, 5) is 4.69. The topological polar surface area (TPSA) is 6.48 Å². The molecule has 0 radical (unpaired) electrons. The highest BCUT2D eigenvalue weighted by Gasteiger charge is 2.19. The van der Waals surface area contributed by atoms with Crippen LogP contribution in [0.4, 0.5) is 34.1 Å². The van der Waals surface area contributed by atoms with Gasteiger partial charge in [0.1, 0.15) is 0 Å². The molecule has 11 aromatic rings. The predicted molar refractivity (Wildman–Crippen MR) is 247 cm³/mol. The number of para-hydroxylation sites is 3. The molecule has 0 unspecified atom stereocenters. The van der Waals surface area contributed by atoms with E-state index in [0.29, 0.717) is 0 Å². The van der Waals surface area contributed by atoms with Crippen molar-refractivity contribution in [2.45, 2.75) is 0 Å². The fourth-order valence-electron chi connectivity index (χ4n) is 8.51. The summed E-state index contributed by atoms with van der Waals surface area (Å²) < 4.78 is 2.61. The number of hydrogen-bond donors (Lipinski definition) is 0. The van der Waals surface area contributed by atoms with Crippen LogP contribution in [-0.2, 0) is 0 Å². The lowest BCUT2D eigenvalue weighted by Gasteiger charge is -2.26. The van der Waals surface area contributed by atoms with E-state index >= 15 is 0 Å². The zero-order valence-corrected chi connectivity index (χ0v) is 31.9. The summed E-state index contributed by atoms with van der Waals surface area (Å²) in [5.41, 5.74) is 9.22. The molecule has 0 aliphatic carbocycles. The summed E-state index contributed by atoms with van der Waals surface area (Å²) in [6, 6.07) is 79.2. The number of thiophene rings is 1. The van der Waals surface area contributed by atoms with Crippen molar-refractivity contribution in [3.63, 3.8) is 0 Å². The molecule has 0 aliphatic rings. The molecule has 10 aromatic carbocycles. The van der Waals surface area contributed by atoms with E-state index in [9.17, 15) is 0 Å². The van der Waals surface area contributed by atoms with Gasteiger partial charge in [-0.3, -0.25) is 0 Å². The van der Waals surface area contributed by atoms with Crippen LogP contribution < -0.4 is 9.80 Å². The van der Waals surface area contributed by atoms with Gasteiger partial charge in [-0.1, -0.05) is 140 Å². The highest BCUT2D eigenvalue weighted by Crippen LogP contribution is 2.47. The number of benzene rings is 10. The Morgan fingerprint density at radius 1 is 0.281 bits per heavy atom. The zero-order valence-electron chi connectivity index (χ0n) is 31.1. The molecule has 268 valence electrons. The van der Waals surface area contributed by atoms with Crippen LogP contribution in [0.2, 0.25) is 0 Å². The zero-order chi connectivity index (χ0) is 37.7. The normalized spacial score (nSPS) is 11.5. The quantitative estimate of drug-likeness (QED) is 0.150. The van der Waals surface area contributed by atoms with Gasteiger partial charge in [0.25, 0.3) is 0 Å². The molecule has 2 nitrogen and oxygen atoms in total. The first-order valence-electron chi connectivity index (χ1n) is 19.4. The Kier molecular flexibility index (Phi) is 8.04. The van der Waals surface area contributed by atoms with E-state index in [-0.39, 0.29) is 0 Å². The molecule has 0 bridgehead atoms. The molecule has 1 aromatic heterocycles. The fraction of sp³-hybridized carbons (Fsp3) is 0. The summed E-state index contributed by atoms with van der Waals surface area (Å²) in [5.74, 6) is 0. The van der Waals surface area contributed by atoms with Crippen LogP contribution in [0.3, 0.4) is 0 Å². The molecule has 1 heterocycles. The summed E-state index contributed by atoms with van der Waals surface area (Å²) in [6.07, 6.45) is 0. The number of hydrogen-bond acceptors (Lipinski definition) is 3. The summed E-state index contributed by atoms with van der Waals surface area (Å²) >= 11 is 1.90. The van der Waals surface area contributed by atoms with Gasteiger partial charge >= 0.3 is 0 Å². The third-order valence-electron chi connectivity index (χ3n) is 11.2. The van der Waals surface area contributed by atoms with E-state index in [1.165, 1.54) is 63.6 Å². The first-order chi connectivity index (χ1) is 28.3. The summed E-state index contributed by atoms with van der Waals surface area (Å²) in [7, 11) is 0. The minimum Gasteiger partial charge on any atom is -0.311 e. The Labute approximate surface area is 335 Å². The van der Waals surface area contributed by atoms with E-state index in [2.05, 4.69) is 228 Å². The first-order valence-corrected chi connectivity index (χ1v) is 20.2. The second-order valence-electron chi connectivity index (χ2n) is 14.5. The van der Waals surface area contributed by atoms with E-state index in [0.717, 1.165) is 34.1 Å². The molecular formula is C54H36N2S. The van der Waals surface area contributed by atoms with Crippen LogP contribution in [-0.4, -0.2) is 0 Å². The van der Waals surface area contributed by atoms with Gasteiger partial charge in [-0.15, -0.1) is 11.3 Å². The van der Waals surface area contributed by atoms with Crippen LogP contribution in [0.1, 0.15) is 0 Å². The Hall–Kier alpha value is -7.20. The van der Waals surface area contributed by atoms with E-state index in [1.54, 1.807) is 0 Å². The minimum atomic E-state index is 1.13. The van der Waals surface area contributed by atoms with E-state index in [4.69, 9.17) is 0 Å². The molecule has 57 heavy (non-hydrogen) atoms. The average Bonchev–Trinajstić information content (AvgIpc) is 3.67. The van der Waals surface area contributed by atoms with Crippen molar-refractivity contribution in [1.29, 1.82) is 0 Å². The maximum absolute atomic E-state index is 2.39. The molecular weight excluding hydrogens is 709 g/mol. The molecule has 0 saturated heterocycles. The maximum Gasteiger partial charge on any atom is 0.0476 e. The lowest BCUT2D eigenvalue weighted by atomic mass is 9.94. The third-order valence-corrected chi connectivity index (χ3v) is 12.4.